The summed E-state index contributed by atoms with van der Waals surface area (Å²) in [4.78, 5) is 27.1. The highest BCUT2D eigenvalue weighted by Gasteiger charge is 2.41. The highest BCUT2D eigenvalue weighted by atomic mass is 32.2. The van der Waals surface area contributed by atoms with Crippen LogP contribution in [0.15, 0.2) is 35.2 Å². The van der Waals surface area contributed by atoms with Gasteiger partial charge in [-0.3, -0.25) is 9.59 Å². The second-order valence-electron chi connectivity index (χ2n) is 7.43. The first-order valence-electron chi connectivity index (χ1n) is 10.1. The SMILES string of the molecule is O=C1CCN(C(=O)C2CCCN2S(=O)(=O)c2ccccc2)CCCCCCN1. The number of nitrogens with one attached hydrogen (secondary N) is 1. The van der Waals surface area contributed by atoms with Crippen LogP contribution in [0.25, 0.3) is 0 Å². The number of carbonyl (C=O) groups is 2. The normalized spacial score (nSPS) is 23.1. The molecule has 7 nitrogen and oxygen atoms in total. The number of amides is 2. The first-order valence-corrected chi connectivity index (χ1v) is 11.6. The van der Waals surface area contributed by atoms with Gasteiger partial charge in [0, 0.05) is 32.6 Å². The predicted octanol–water partition coefficient (Wildman–Crippen LogP) is 1.75. The fraction of sp³-hybridized carbons (Fsp3) is 0.600. The van der Waals surface area contributed by atoms with Crippen LogP contribution in [-0.4, -0.2) is 61.7 Å². The summed E-state index contributed by atoms with van der Waals surface area (Å²) in [7, 11) is -3.71. The van der Waals surface area contributed by atoms with E-state index in [1.165, 1.54) is 4.31 Å². The third-order valence-electron chi connectivity index (χ3n) is 5.44. The summed E-state index contributed by atoms with van der Waals surface area (Å²) in [5.41, 5.74) is 0. The average Bonchev–Trinajstić information content (AvgIpc) is 3.18. The van der Waals surface area contributed by atoms with Crippen LogP contribution in [0.3, 0.4) is 0 Å². The summed E-state index contributed by atoms with van der Waals surface area (Å²) in [6, 6.07) is 7.58. The Balaban J connectivity index is 1.75. The third-order valence-corrected chi connectivity index (χ3v) is 7.36. The zero-order valence-corrected chi connectivity index (χ0v) is 17.0. The smallest absolute Gasteiger partial charge is 0.243 e. The number of nitrogens with zero attached hydrogens (tertiary/aromatic N) is 2. The number of rotatable bonds is 3. The summed E-state index contributed by atoms with van der Waals surface area (Å²) in [6.07, 6.45) is 5.27. The predicted molar refractivity (Wildman–Crippen MR) is 106 cm³/mol. The highest BCUT2D eigenvalue weighted by Crippen LogP contribution is 2.27. The van der Waals surface area contributed by atoms with Crippen molar-refractivity contribution in [3.05, 3.63) is 30.3 Å². The molecule has 2 saturated heterocycles. The van der Waals surface area contributed by atoms with Crippen LogP contribution >= 0.6 is 0 Å². The topological polar surface area (TPSA) is 86.8 Å². The molecule has 28 heavy (non-hydrogen) atoms. The van der Waals surface area contributed by atoms with Crippen molar-refractivity contribution in [2.24, 2.45) is 0 Å². The lowest BCUT2D eigenvalue weighted by atomic mass is 10.1. The molecule has 2 amide bonds. The molecule has 0 radical (unpaired) electrons. The van der Waals surface area contributed by atoms with Crippen molar-refractivity contribution in [3.8, 4) is 0 Å². The maximum absolute atomic E-state index is 13.2. The van der Waals surface area contributed by atoms with E-state index in [-0.39, 0.29) is 23.1 Å². The Morgan fingerprint density at radius 1 is 0.964 bits per heavy atom. The summed E-state index contributed by atoms with van der Waals surface area (Å²) in [6.45, 7) is 1.93. The summed E-state index contributed by atoms with van der Waals surface area (Å²) in [5, 5.41) is 2.88. The van der Waals surface area contributed by atoms with Gasteiger partial charge >= 0.3 is 0 Å². The van der Waals surface area contributed by atoms with Gasteiger partial charge in [0.25, 0.3) is 0 Å². The largest absolute Gasteiger partial charge is 0.356 e. The zero-order valence-electron chi connectivity index (χ0n) is 16.2. The highest BCUT2D eigenvalue weighted by molar-refractivity contribution is 7.89. The van der Waals surface area contributed by atoms with E-state index in [2.05, 4.69) is 5.32 Å². The van der Waals surface area contributed by atoms with Gasteiger partial charge in [-0.15, -0.1) is 0 Å². The van der Waals surface area contributed by atoms with Crippen molar-refractivity contribution in [3.63, 3.8) is 0 Å². The fourth-order valence-corrected chi connectivity index (χ4v) is 5.55. The van der Waals surface area contributed by atoms with E-state index < -0.39 is 16.1 Å². The number of sulfonamides is 1. The Morgan fingerprint density at radius 3 is 2.50 bits per heavy atom. The van der Waals surface area contributed by atoms with Crippen LogP contribution in [0.1, 0.15) is 44.9 Å². The average molecular weight is 408 g/mol. The Morgan fingerprint density at radius 2 is 1.71 bits per heavy atom. The van der Waals surface area contributed by atoms with Gasteiger partial charge in [-0.25, -0.2) is 8.42 Å². The summed E-state index contributed by atoms with van der Waals surface area (Å²) < 4.78 is 27.4. The van der Waals surface area contributed by atoms with E-state index in [1.54, 1.807) is 35.2 Å². The van der Waals surface area contributed by atoms with Crippen molar-refractivity contribution in [1.29, 1.82) is 0 Å². The van der Waals surface area contributed by atoms with Gasteiger partial charge in [-0.1, -0.05) is 31.0 Å². The standard InChI is InChI=1S/C20H29N3O4S/c24-19-12-16-22(14-7-2-1-6-13-21-19)20(25)18-11-8-15-23(18)28(26,27)17-9-4-3-5-10-17/h3-5,9-10,18H,1-2,6-8,11-16H2,(H,21,24). The molecule has 0 aliphatic carbocycles. The van der Waals surface area contributed by atoms with Gasteiger partial charge < -0.3 is 10.2 Å². The van der Waals surface area contributed by atoms with Crippen LogP contribution in [-0.2, 0) is 19.6 Å². The zero-order chi connectivity index (χ0) is 20.0. The van der Waals surface area contributed by atoms with Gasteiger partial charge in [0.2, 0.25) is 21.8 Å². The van der Waals surface area contributed by atoms with Gasteiger partial charge in [0.15, 0.2) is 0 Å². The first kappa shape index (κ1) is 20.8. The van der Waals surface area contributed by atoms with Crippen molar-refractivity contribution >= 4 is 21.8 Å². The molecule has 154 valence electrons. The molecule has 0 bridgehead atoms. The van der Waals surface area contributed by atoms with Crippen LogP contribution in [0.5, 0.6) is 0 Å². The monoisotopic (exact) mass is 407 g/mol. The minimum Gasteiger partial charge on any atom is -0.356 e. The van der Waals surface area contributed by atoms with Crippen LogP contribution < -0.4 is 5.32 Å². The Hall–Kier alpha value is -1.93. The quantitative estimate of drug-likeness (QED) is 0.827. The fourth-order valence-electron chi connectivity index (χ4n) is 3.88. The molecular formula is C20H29N3O4S. The van der Waals surface area contributed by atoms with Crippen LogP contribution in [0.2, 0.25) is 0 Å². The molecule has 1 aromatic carbocycles. The lowest BCUT2D eigenvalue weighted by Crippen LogP contribution is -2.48. The van der Waals surface area contributed by atoms with Gasteiger partial charge in [0.1, 0.15) is 6.04 Å². The summed E-state index contributed by atoms with van der Waals surface area (Å²) >= 11 is 0. The van der Waals surface area contributed by atoms with E-state index >= 15 is 0 Å². The maximum Gasteiger partial charge on any atom is 0.243 e. The molecule has 0 spiro atoms. The molecule has 3 rings (SSSR count). The minimum atomic E-state index is -3.71. The Bertz CT molecular complexity index is 782. The molecule has 1 N–H and O–H groups in total. The van der Waals surface area contributed by atoms with Gasteiger partial charge in [-0.2, -0.15) is 4.31 Å². The molecule has 8 heteroatoms. The van der Waals surface area contributed by atoms with Crippen molar-refractivity contribution < 1.29 is 18.0 Å². The van der Waals surface area contributed by atoms with E-state index in [4.69, 9.17) is 0 Å². The molecule has 2 fully saturated rings. The molecule has 0 saturated carbocycles. The van der Waals surface area contributed by atoms with Crippen molar-refractivity contribution in [2.45, 2.75) is 55.9 Å². The third kappa shape index (κ3) is 4.91. The van der Waals surface area contributed by atoms with Gasteiger partial charge in [0.05, 0.1) is 4.90 Å². The second kappa shape index (κ2) is 9.52. The lowest BCUT2D eigenvalue weighted by Gasteiger charge is -2.30. The first-order chi connectivity index (χ1) is 13.5. The number of benzene rings is 1. The van der Waals surface area contributed by atoms with E-state index in [1.807, 2.05) is 0 Å². The van der Waals surface area contributed by atoms with E-state index in [9.17, 15) is 18.0 Å². The van der Waals surface area contributed by atoms with E-state index in [0.29, 0.717) is 39.0 Å². The molecule has 1 aromatic rings. The van der Waals surface area contributed by atoms with Gasteiger partial charge in [-0.05, 0) is 37.8 Å². The molecule has 2 heterocycles. The minimum absolute atomic E-state index is 0.0557. The van der Waals surface area contributed by atoms with Crippen LogP contribution in [0, 0.1) is 0 Å². The van der Waals surface area contributed by atoms with Crippen molar-refractivity contribution in [2.75, 3.05) is 26.2 Å². The molecule has 2 aliphatic heterocycles. The molecular weight excluding hydrogens is 378 g/mol. The molecule has 2 aliphatic rings. The van der Waals surface area contributed by atoms with Crippen LogP contribution in [0.4, 0.5) is 0 Å². The lowest BCUT2D eigenvalue weighted by molar-refractivity contribution is -0.135. The maximum atomic E-state index is 13.2. The van der Waals surface area contributed by atoms with E-state index in [0.717, 1.165) is 25.7 Å². The van der Waals surface area contributed by atoms with Crippen molar-refractivity contribution in [1.82, 2.24) is 14.5 Å². The molecule has 1 atom stereocenters. The number of hydrogen-bond acceptors (Lipinski definition) is 4. The Labute approximate surface area is 167 Å². The number of hydrogen-bond donors (Lipinski definition) is 1. The Kier molecular flexibility index (Phi) is 7.07. The molecule has 1 unspecified atom stereocenters. The molecule has 0 aromatic heterocycles. The number of carbonyl (C=O) groups excluding carboxylic acids is 2. The second-order valence-corrected chi connectivity index (χ2v) is 9.32. The summed E-state index contributed by atoms with van der Waals surface area (Å²) in [5.74, 6) is -0.232.